The molecule has 1 amide bonds. The fraction of sp³-hybridized carbons (Fsp3) is 0.100. The number of rotatable bonds is 4. The van der Waals surface area contributed by atoms with Crippen molar-refractivity contribution in [1.82, 2.24) is 25.0 Å². The topological polar surface area (TPSA) is 88.5 Å². The lowest BCUT2D eigenvalue weighted by Crippen LogP contribution is -2.13. The van der Waals surface area contributed by atoms with Crippen molar-refractivity contribution in [2.75, 3.05) is 5.32 Å². The first-order chi connectivity index (χ1) is 14.3. The molecule has 0 spiro atoms. The van der Waals surface area contributed by atoms with Crippen LogP contribution < -0.4 is 5.32 Å². The molecule has 0 aliphatic heterocycles. The third kappa shape index (κ3) is 3.79. The van der Waals surface area contributed by atoms with E-state index >= 15 is 0 Å². The van der Waals surface area contributed by atoms with Crippen molar-refractivity contribution in [3.05, 3.63) is 77.9 Å². The molecule has 0 saturated heterocycles. The maximum absolute atomic E-state index is 12.7. The molecule has 4 rings (SSSR count). The van der Waals surface area contributed by atoms with Crippen LogP contribution in [-0.4, -0.2) is 30.9 Å². The molecule has 1 aromatic carbocycles. The number of H-pyrrole nitrogens is 1. The molecule has 3 heterocycles. The minimum absolute atomic E-state index is 0.181. The molecule has 2 N–H and O–H groups in total. The van der Waals surface area contributed by atoms with Gasteiger partial charge in [0.2, 0.25) is 0 Å². The predicted octanol–water partition coefficient (Wildman–Crippen LogP) is 4.24. The zero-order valence-electron chi connectivity index (χ0n) is 15.6. The van der Waals surface area contributed by atoms with E-state index in [1.807, 2.05) is 12.1 Å². The molecule has 152 valence electrons. The Morgan fingerprint density at radius 3 is 2.63 bits per heavy atom. The van der Waals surface area contributed by atoms with Crippen molar-refractivity contribution < 1.29 is 18.0 Å². The average Bonchev–Trinajstić information content (AvgIpc) is 3.38. The van der Waals surface area contributed by atoms with Gasteiger partial charge in [0.15, 0.2) is 5.82 Å². The molecule has 7 nitrogen and oxygen atoms in total. The summed E-state index contributed by atoms with van der Waals surface area (Å²) in [5, 5.41) is 13.7. The van der Waals surface area contributed by atoms with Crippen molar-refractivity contribution in [3.63, 3.8) is 0 Å². The molecule has 0 fully saturated rings. The number of alkyl halides is 3. The number of nitrogens with one attached hydrogen (secondary N) is 2. The first-order valence-electron chi connectivity index (χ1n) is 8.82. The number of aromatic nitrogens is 5. The van der Waals surface area contributed by atoms with Crippen LogP contribution in [0.5, 0.6) is 0 Å². The van der Waals surface area contributed by atoms with E-state index in [-0.39, 0.29) is 11.4 Å². The van der Waals surface area contributed by atoms with Crippen LogP contribution in [0.1, 0.15) is 21.6 Å². The Bertz CT molecular complexity index is 1180. The number of carbonyl (C=O) groups excluding carboxylic acids is 1. The number of hydrogen-bond acceptors (Lipinski definition) is 4. The van der Waals surface area contributed by atoms with Gasteiger partial charge in [-0.15, -0.1) is 0 Å². The van der Waals surface area contributed by atoms with E-state index in [0.29, 0.717) is 11.4 Å². The van der Waals surface area contributed by atoms with Gasteiger partial charge in [-0.2, -0.15) is 23.4 Å². The van der Waals surface area contributed by atoms with Gasteiger partial charge in [-0.1, -0.05) is 12.1 Å². The van der Waals surface area contributed by atoms with Crippen molar-refractivity contribution in [3.8, 4) is 17.1 Å². The third-order valence-corrected chi connectivity index (χ3v) is 4.48. The molecular formula is C20H15F3N6O. The summed E-state index contributed by atoms with van der Waals surface area (Å²) in [6.45, 7) is 1.64. The second kappa shape index (κ2) is 7.47. The summed E-state index contributed by atoms with van der Waals surface area (Å²) >= 11 is 0. The zero-order chi connectivity index (χ0) is 21.3. The SMILES string of the molecule is Cc1c(C(=O)Nc2cccc(-c3ccn[nH]3)c2)cnn1-c1ccc(C(F)(F)F)cn1. The molecule has 3 aromatic heterocycles. The Morgan fingerprint density at radius 2 is 1.97 bits per heavy atom. The van der Waals surface area contributed by atoms with E-state index in [4.69, 9.17) is 0 Å². The summed E-state index contributed by atoms with van der Waals surface area (Å²) in [5.74, 6) is -0.215. The highest BCUT2D eigenvalue weighted by Gasteiger charge is 2.30. The summed E-state index contributed by atoms with van der Waals surface area (Å²) in [6.07, 6.45) is -0.756. The van der Waals surface area contributed by atoms with Crippen LogP contribution in [0.15, 0.2) is 61.1 Å². The molecule has 10 heteroatoms. The van der Waals surface area contributed by atoms with E-state index in [9.17, 15) is 18.0 Å². The van der Waals surface area contributed by atoms with E-state index < -0.39 is 17.6 Å². The number of pyridine rings is 1. The fourth-order valence-corrected chi connectivity index (χ4v) is 2.92. The van der Waals surface area contributed by atoms with E-state index in [1.54, 1.807) is 31.3 Å². The van der Waals surface area contributed by atoms with Crippen LogP contribution in [0.4, 0.5) is 18.9 Å². The number of anilines is 1. The standard InChI is InChI=1S/C20H15F3N6O/c1-12-16(11-26-29(12)18-6-5-14(10-24-18)20(21,22)23)19(30)27-15-4-2-3-13(9-15)17-7-8-25-28-17/h2-11H,1H3,(H,25,28)(H,27,30). The van der Waals surface area contributed by atoms with Gasteiger partial charge in [-0.3, -0.25) is 9.89 Å². The van der Waals surface area contributed by atoms with E-state index in [1.165, 1.54) is 16.9 Å². The summed E-state index contributed by atoms with van der Waals surface area (Å²) in [6, 6.07) is 11.2. The van der Waals surface area contributed by atoms with Gasteiger partial charge in [-0.25, -0.2) is 9.67 Å². The zero-order valence-corrected chi connectivity index (χ0v) is 15.6. The summed E-state index contributed by atoms with van der Waals surface area (Å²) in [5.41, 5.74) is 2.11. The Balaban J connectivity index is 1.55. The molecule has 0 bridgehead atoms. The van der Waals surface area contributed by atoms with Gasteiger partial charge in [0, 0.05) is 23.6 Å². The number of aromatic amines is 1. The van der Waals surface area contributed by atoms with Gasteiger partial charge >= 0.3 is 6.18 Å². The quantitative estimate of drug-likeness (QED) is 0.525. The molecule has 0 saturated carbocycles. The van der Waals surface area contributed by atoms with Crippen molar-refractivity contribution in [2.45, 2.75) is 13.1 Å². The number of carbonyl (C=O) groups is 1. The Hall–Kier alpha value is -3.95. The summed E-state index contributed by atoms with van der Waals surface area (Å²) in [7, 11) is 0. The number of benzene rings is 1. The van der Waals surface area contributed by atoms with Crippen LogP contribution in [0.3, 0.4) is 0 Å². The number of nitrogens with zero attached hydrogens (tertiary/aromatic N) is 4. The number of amides is 1. The van der Waals surface area contributed by atoms with Gasteiger partial charge in [0.05, 0.1) is 28.7 Å². The minimum atomic E-state index is -4.47. The monoisotopic (exact) mass is 412 g/mol. The van der Waals surface area contributed by atoms with Gasteiger partial charge in [-0.05, 0) is 37.3 Å². The van der Waals surface area contributed by atoms with Crippen LogP contribution in [0.25, 0.3) is 17.1 Å². The van der Waals surface area contributed by atoms with Gasteiger partial charge in [0.1, 0.15) is 0 Å². The molecular weight excluding hydrogens is 397 g/mol. The predicted molar refractivity (Wildman–Crippen MR) is 103 cm³/mol. The molecule has 0 atom stereocenters. The average molecular weight is 412 g/mol. The van der Waals surface area contributed by atoms with Gasteiger partial charge in [0.25, 0.3) is 5.91 Å². The van der Waals surface area contributed by atoms with Crippen LogP contribution in [0.2, 0.25) is 0 Å². The van der Waals surface area contributed by atoms with Crippen LogP contribution in [-0.2, 0) is 6.18 Å². The van der Waals surface area contributed by atoms with Crippen LogP contribution >= 0.6 is 0 Å². The largest absolute Gasteiger partial charge is 0.417 e. The molecule has 0 aliphatic rings. The fourth-order valence-electron chi connectivity index (χ4n) is 2.92. The maximum atomic E-state index is 12.7. The van der Waals surface area contributed by atoms with E-state index in [2.05, 4.69) is 25.6 Å². The molecule has 0 aliphatic carbocycles. The smallest absolute Gasteiger partial charge is 0.322 e. The highest BCUT2D eigenvalue weighted by Crippen LogP contribution is 2.29. The first-order valence-corrected chi connectivity index (χ1v) is 8.82. The normalized spacial score (nSPS) is 11.5. The van der Waals surface area contributed by atoms with Crippen LogP contribution in [0, 0.1) is 6.92 Å². The second-order valence-electron chi connectivity index (χ2n) is 6.46. The first kappa shape index (κ1) is 19.4. The maximum Gasteiger partial charge on any atom is 0.417 e. The van der Waals surface area contributed by atoms with Crippen molar-refractivity contribution in [2.24, 2.45) is 0 Å². The lowest BCUT2D eigenvalue weighted by molar-refractivity contribution is -0.137. The van der Waals surface area contributed by atoms with Gasteiger partial charge < -0.3 is 5.32 Å². The molecule has 4 aromatic rings. The minimum Gasteiger partial charge on any atom is -0.322 e. The molecule has 0 unspecified atom stereocenters. The lowest BCUT2D eigenvalue weighted by atomic mass is 10.1. The highest BCUT2D eigenvalue weighted by molar-refractivity contribution is 6.05. The number of hydrogen-bond donors (Lipinski definition) is 2. The van der Waals surface area contributed by atoms with E-state index in [0.717, 1.165) is 23.5 Å². The van der Waals surface area contributed by atoms with Crippen molar-refractivity contribution in [1.29, 1.82) is 0 Å². The third-order valence-electron chi connectivity index (χ3n) is 4.48. The molecule has 30 heavy (non-hydrogen) atoms. The van der Waals surface area contributed by atoms with Crippen molar-refractivity contribution >= 4 is 11.6 Å². The molecule has 0 radical (unpaired) electrons. The Labute approximate surface area is 168 Å². The summed E-state index contributed by atoms with van der Waals surface area (Å²) < 4.78 is 39.5. The summed E-state index contributed by atoms with van der Waals surface area (Å²) in [4.78, 5) is 16.5. The number of halogens is 3. The second-order valence-corrected chi connectivity index (χ2v) is 6.46. The lowest BCUT2D eigenvalue weighted by Gasteiger charge is -2.09. The highest BCUT2D eigenvalue weighted by atomic mass is 19.4. The Kier molecular flexibility index (Phi) is 4.82. The Morgan fingerprint density at radius 1 is 1.13 bits per heavy atom.